The maximum absolute atomic E-state index is 11.7. The highest BCUT2D eigenvalue weighted by Crippen LogP contribution is 2.36. The number of piperidine rings is 1. The van der Waals surface area contributed by atoms with Gasteiger partial charge in [-0.2, -0.15) is 0 Å². The van der Waals surface area contributed by atoms with Crippen molar-refractivity contribution in [1.82, 2.24) is 4.98 Å². The number of thiazole rings is 1. The van der Waals surface area contributed by atoms with Gasteiger partial charge in [0, 0.05) is 13.1 Å². The minimum absolute atomic E-state index is 0.358. The number of ether oxygens (including phenoxy) is 2. The number of hydrogen-bond acceptors (Lipinski definition) is 6. The predicted molar refractivity (Wildman–Crippen MR) is 83.6 cm³/mol. The van der Waals surface area contributed by atoms with E-state index in [1.165, 1.54) is 26.4 Å². The van der Waals surface area contributed by atoms with E-state index in [0.717, 1.165) is 28.4 Å². The van der Waals surface area contributed by atoms with Gasteiger partial charge in [-0.25, -0.2) is 9.78 Å². The van der Waals surface area contributed by atoms with E-state index in [1.54, 1.807) is 24.5 Å². The molecule has 21 heavy (non-hydrogen) atoms. The molecular weight excluding hydrogens is 288 g/mol. The SMILES string of the molecule is COC(=O)c1cc(OC)c2nc(N3CCCCC3)sc2c1. The quantitative estimate of drug-likeness (QED) is 0.816. The number of fused-ring (bicyclic) bond motifs is 1. The van der Waals surface area contributed by atoms with Crippen LogP contribution in [0.5, 0.6) is 5.75 Å². The number of hydrogen-bond donors (Lipinski definition) is 0. The Morgan fingerprint density at radius 3 is 2.67 bits per heavy atom. The van der Waals surface area contributed by atoms with E-state index in [9.17, 15) is 4.79 Å². The molecule has 1 aliphatic rings. The molecule has 1 aliphatic heterocycles. The molecule has 0 bridgehead atoms. The summed E-state index contributed by atoms with van der Waals surface area (Å²) >= 11 is 1.60. The van der Waals surface area contributed by atoms with E-state index < -0.39 is 0 Å². The Bertz CT molecular complexity index is 662. The first-order chi connectivity index (χ1) is 10.2. The highest BCUT2D eigenvalue weighted by atomic mass is 32.1. The molecule has 1 fully saturated rings. The second-order valence-corrected chi connectivity index (χ2v) is 6.07. The zero-order valence-electron chi connectivity index (χ0n) is 12.2. The van der Waals surface area contributed by atoms with E-state index >= 15 is 0 Å². The lowest BCUT2D eigenvalue weighted by Crippen LogP contribution is -2.29. The van der Waals surface area contributed by atoms with E-state index in [0.29, 0.717) is 11.3 Å². The van der Waals surface area contributed by atoms with Crippen molar-refractivity contribution in [3.05, 3.63) is 17.7 Å². The van der Waals surface area contributed by atoms with Crippen molar-refractivity contribution >= 4 is 32.7 Å². The Balaban J connectivity index is 2.04. The van der Waals surface area contributed by atoms with Crippen LogP contribution >= 0.6 is 11.3 Å². The van der Waals surface area contributed by atoms with Gasteiger partial charge in [-0.15, -0.1) is 0 Å². The molecule has 0 amide bonds. The van der Waals surface area contributed by atoms with Gasteiger partial charge < -0.3 is 14.4 Å². The predicted octanol–water partition coefficient (Wildman–Crippen LogP) is 3.08. The number of esters is 1. The number of anilines is 1. The van der Waals surface area contributed by atoms with Crippen molar-refractivity contribution in [2.45, 2.75) is 19.3 Å². The van der Waals surface area contributed by atoms with Gasteiger partial charge in [-0.05, 0) is 31.4 Å². The first-order valence-electron chi connectivity index (χ1n) is 7.05. The van der Waals surface area contributed by atoms with Crippen LogP contribution in [0.2, 0.25) is 0 Å². The molecule has 0 atom stereocenters. The van der Waals surface area contributed by atoms with E-state index in [4.69, 9.17) is 14.5 Å². The molecule has 0 aliphatic carbocycles. The van der Waals surface area contributed by atoms with Gasteiger partial charge in [-0.3, -0.25) is 0 Å². The summed E-state index contributed by atoms with van der Waals surface area (Å²) < 4.78 is 11.1. The van der Waals surface area contributed by atoms with Gasteiger partial charge in [0.25, 0.3) is 0 Å². The second-order valence-electron chi connectivity index (χ2n) is 5.06. The fourth-order valence-corrected chi connectivity index (χ4v) is 3.67. The van der Waals surface area contributed by atoms with Crippen LogP contribution in [0.4, 0.5) is 5.13 Å². The third-order valence-electron chi connectivity index (χ3n) is 3.72. The lowest BCUT2D eigenvalue weighted by molar-refractivity contribution is 0.0600. The van der Waals surface area contributed by atoms with Gasteiger partial charge in [0.15, 0.2) is 5.13 Å². The zero-order chi connectivity index (χ0) is 14.8. The van der Waals surface area contributed by atoms with Crippen molar-refractivity contribution in [2.24, 2.45) is 0 Å². The molecule has 112 valence electrons. The number of methoxy groups -OCH3 is 2. The molecule has 1 aromatic carbocycles. The smallest absolute Gasteiger partial charge is 0.338 e. The summed E-state index contributed by atoms with van der Waals surface area (Å²) in [5.74, 6) is 0.260. The molecule has 5 nitrogen and oxygen atoms in total. The molecule has 6 heteroatoms. The first kappa shape index (κ1) is 14.1. The minimum atomic E-state index is -0.358. The molecule has 0 unspecified atom stereocenters. The Morgan fingerprint density at radius 1 is 1.24 bits per heavy atom. The van der Waals surface area contributed by atoms with Crippen LogP contribution in [0, 0.1) is 0 Å². The van der Waals surface area contributed by atoms with Gasteiger partial charge in [0.2, 0.25) is 0 Å². The van der Waals surface area contributed by atoms with Gasteiger partial charge >= 0.3 is 5.97 Å². The standard InChI is InChI=1S/C15H18N2O3S/c1-19-11-8-10(14(18)20-2)9-12-13(11)16-15(21-12)17-6-4-3-5-7-17/h8-9H,3-7H2,1-2H3. The first-order valence-corrected chi connectivity index (χ1v) is 7.86. The number of carbonyl (C=O) groups is 1. The average molecular weight is 306 g/mol. The summed E-state index contributed by atoms with van der Waals surface area (Å²) in [6, 6.07) is 3.52. The molecule has 2 heterocycles. The van der Waals surface area contributed by atoms with Crippen molar-refractivity contribution in [1.29, 1.82) is 0 Å². The van der Waals surface area contributed by atoms with Gasteiger partial charge in [0.05, 0.1) is 24.5 Å². The molecule has 1 saturated heterocycles. The summed E-state index contributed by atoms with van der Waals surface area (Å²) in [6.07, 6.45) is 3.71. The minimum Gasteiger partial charge on any atom is -0.494 e. The Morgan fingerprint density at radius 2 is 2.00 bits per heavy atom. The summed E-state index contributed by atoms with van der Waals surface area (Å²) in [5, 5.41) is 1.00. The summed E-state index contributed by atoms with van der Waals surface area (Å²) in [5.41, 5.74) is 1.31. The molecule has 1 aromatic heterocycles. The maximum Gasteiger partial charge on any atom is 0.338 e. The van der Waals surface area contributed by atoms with Crippen LogP contribution in [-0.2, 0) is 4.74 Å². The zero-order valence-corrected chi connectivity index (χ0v) is 13.0. The number of carbonyl (C=O) groups excluding carboxylic acids is 1. The van der Waals surface area contributed by atoms with Crippen LogP contribution < -0.4 is 9.64 Å². The molecular formula is C15H18N2O3S. The highest BCUT2D eigenvalue weighted by molar-refractivity contribution is 7.22. The summed E-state index contributed by atoms with van der Waals surface area (Å²) in [7, 11) is 2.97. The number of nitrogens with zero attached hydrogens (tertiary/aromatic N) is 2. The van der Waals surface area contributed by atoms with Gasteiger partial charge in [-0.1, -0.05) is 11.3 Å². The lowest BCUT2D eigenvalue weighted by atomic mass is 10.1. The van der Waals surface area contributed by atoms with Crippen LogP contribution in [0.15, 0.2) is 12.1 Å². The number of benzene rings is 1. The van der Waals surface area contributed by atoms with E-state index in [-0.39, 0.29) is 5.97 Å². The van der Waals surface area contributed by atoms with Crippen LogP contribution in [0.3, 0.4) is 0 Å². The average Bonchev–Trinajstić information content (AvgIpc) is 2.98. The fraction of sp³-hybridized carbons (Fsp3) is 0.467. The van der Waals surface area contributed by atoms with Crippen LogP contribution in [-0.4, -0.2) is 38.3 Å². The maximum atomic E-state index is 11.7. The normalized spacial score (nSPS) is 15.2. The molecule has 3 rings (SSSR count). The van der Waals surface area contributed by atoms with E-state index in [1.807, 2.05) is 6.07 Å². The van der Waals surface area contributed by atoms with E-state index in [2.05, 4.69) is 4.90 Å². The third-order valence-corrected chi connectivity index (χ3v) is 4.78. The topological polar surface area (TPSA) is 51.7 Å². The summed E-state index contributed by atoms with van der Waals surface area (Å²) in [4.78, 5) is 18.7. The highest BCUT2D eigenvalue weighted by Gasteiger charge is 2.19. The Hall–Kier alpha value is -1.82. The molecule has 2 aromatic rings. The van der Waals surface area contributed by atoms with Gasteiger partial charge in [0.1, 0.15) is 11.3 Å². The number of rotatable bonds is 3. The third kappa shape index (κ3) is 2.68. The van der Waals surface area contributed by atoms with Crippen molar-refractivity contribution in [3.8, 4) is 5.75 Å². The molecule has 0 N–H and O–H groups in total. The molecule has 0 saturated carbocycles. The Kier molecular flexibility index (Phi) is 3.96. The van der Waals surface area contributed by atoms with Crippen molar-refractivity contribution in [2.75, 3.05) is 32.2 Å². The van der Waals surface area contributed by atoms with Crippen LogP contribution in [0.1, 0.15) is 29.6 Å². The largest absolute Gasteiger partial charge is 0.494 e. The monoisotopic (exact) mass is 306 g/mol. The molecule has 0 spiro atoms. The second kappa shape index (κ2) is 5.89. The van der Waals surface area contributed by atoms with Crippen LogP contribution in [0.25, 0.3) is 10.2 Å². The van der Waals surface area contributed by atoms with Crippen molar-refractivity contribution < 1.29 is 14.3 Å². The molecule has 0 radical (unpaired) electrons. The lowest BCUT2D eigenvalue weighted by Gasteiger charge is -2.25. The van der Waals surface area contributed by atoms with Crippen molar-refractivity contribution in [3.63, 3.8) is 0 Å². The number of aromatic nitrogens is 1. The summed E-state index contributed by atoms with van der Waals surface area (Å²) in [6.45, 7) is 2.10. The Labute approximate surface area is 127 Å². The fourth-order valence-electron chi connectivity index (χ4n) is 2.60.